The Bertz CT molecular complexity index is 899. The largest absolute Gasteiger partial charge is 0.255 e. The van der Waals surface area contributed by atoms with Crippen LogP contribution in [0.4, 0.5) is 0 Å². The molecule has 0 spiro atoms. The fraction of sp³-hybridized carbons (Fsp3) is 0.476. The number of primary sulfonamides is 1. The van der Waals surface area contributed by atoms with Crippen LogP contribution < -0.4 is 5.14 Å². The van der Waals surface area contributed by atoms with Crippen LogP contribution in [0.1, 0.15) is 57.2 Å². The van der Waals surface area contributed by atoms with Gasteiger partial charge in [-0.05, 0) is 75.3 Å². The molecule has 3 rings (SSSR count). The zero-order valence-corrected chi connectivity index (χ0v) is 17.7. The molecule has 2 aromatic rings. The molecule has 2 N–H and O–H groups in total. The highest BCUT2D eigenvalue weighted by Gasteiger charge is 2.30. The van der Waals surface area contributed by atoms with Crippen molar-refractivity contribution in [1.82, 2.24) is 4.98 Å². The summed E-state index contributed by atoms with van der Waals surface area (Å²) in [5.41, 5.74) is 2.46. The van der Waals surface area contributed by atoms with E-state index in [0.717, 1.165) is 31.4 Å². The van der Waals surface area contributed by atoms with Crippen molar-refractivity contribution in [2.24, 2.45) is 11.1 Å². The molecule has 0 fully saturated rings. The second kappa shape index (κ2) is 8.25. The Labute approximate surface area is 166 Å². The molecule has 2 heterocycles. The van der Waals surface area contributed by atoms with Gasteiger partial charge in [0.25, 0.3) is 0 Å². The summed E-state index contributed by atoms with van der Waals surface area (Å²) in [5.74, 6) is 0.639. The number of rotatable bonds is 7. The van der Waals surface area contributed by atoms with Gasteiger partial charge in [0.2, 0.25) is 10.0 Å². The second-order valence-electron chi connectivity index (χ2n) is 7.95. The molecule has 4 nitrogen and oxygen atoms in total. The Morgan fingerprint density at radius 3 is 2.63 bits per heavy atom. The first-order chi connectivity index (χ1) is 12.8. The number of sulfonamides is 1. The molecule has 0 bridgehead atoms. The third-order valence-electron chi connectivity index (χ3n) is 5.52. The number of pyridine rings is 1. The highest BCUT2D eigenvalue weighted by Crippen LogP contribution is 2.38. The van der Waals surface area contributed by atoms with Crippen molar-refractivity contribution in [3.05, 3.63) is 47.5 Å². The highest BCUT2D eigenvalue weighted by molar-refractivity contribution is 7.90. The topological polar surface area (TPSA) is 73.0 Å². The summed E-state index contributed by atoms with van der Waals surface area (Å²) in [6, 6.07) is 10.4. The summed E-state index contributed by atoms with van der Waals surface area (Å²) in [4.78, 5) is 6.97. The van der Waals surface area contributed by atoms with Gasteiger partial charge in [-0.1, -0.05) is 25.0 Å². The molecule has 27 heavy (non-hydrogen) atoms. The molecule has 0 saturated carbocycles. The van der Waals surface area contributed by atoms with E-state index < -0.39 is 14.8 Å². The maximum absolute atomic E-state index is 11.6. The third-order valence-corrected chi connectivity index (χ3v) is 8.45. The molecule has 1 unspecified atom stereocenters. The number of allylic oxidation sites excluding steroid dienone is 2. The zero-order valence-electron chi connectivity index (χ0n) is 16.0. The van der Waals surface area contributed by atoms with Crippen LogP contribution >= 0.6 is 11.3 Å². The lowest BCUT2D eigenvalue weighted by Gasteiger charge is -2.25. The second-order valence-corrected chi connectivity index (χ2v) is 11.2. The minimum Gasteiger partial charge on any atom is -0.255 e. The van der Waals surface area contributed by atoms with E-state index in [1.807, 2.05) is 24.4 Å². The molecule has 1 aliphatic rings. The average molecular weight is 405 g/mol. The minimum atomic E-state index is -3.49. The number of nitrogens with zero attached hydrogens (tertiary/aromatic N) is 1. The van der Waals surface area contributed by atoms with Crippen molar-refractivity contribution in [2.75, 3.05) is 0 Å². The quantitative estimate of drug-likeness (QED) is 0.686. The van der Waals surface area contributed by atoms with Gasteiger partial charge in [0.15, 0.2) is 0 Å². The van der Waals surface area contributed by atoms with E-state index >= 15 is 0 Å². The molecule has 0 saturated heterocycles. The molecule has 0 amide bonds. The summed E-state index contributed by atoms with van der Waals surface area (Å²) in [5, 5.41) is 5.32. The van der Waals surface area contributed by atoms with Crippen LogP contribution in [-0.4, -0.2) is 18.1 Å². The standard InChI is InChI=1S/C21H28N2O2S2/c1-21(2,27(22,24)25)14-5-6-16-8-10-17(11-9-16)19-12-13-20(26-19)18-7-3-4-15-23-18/h3-4,7,10,12-13,15-16H,5-6,8-9,11,14H2,1-2H3,(H2,22,24,25). The van der Waals surface area contributed by atoms with Gasteiger partial charge in [-0.2, -0.15) is 0 Å². The molecule has 1 atom stereocenters. The number of hydrogen-bond donors (Lipinski definition) is 1. The normalized spacial score (nSPS) is 18.3. The van der Waals surface area contributed by atoms with Gasteiger partial charge in [0, 0.05) is 11.1 Å². The smallest absolute Gasteiger partial charge is 0.214 e. The van der Waals surface area contributed by atoms with Crippen LogP contribution in [-0.2, 0) is 10.0 Å². The van der Waals surface area contributed by atoms with Crippen LogP contribution in [0.3, 0.4) is 0 Å². The van der Waals surface area contributed by atoms with Crippen molar-refractivity contribution in [3.63, 3.8) is 0 Å². The molecule has 1 aliphatic carbocycles. The van der Waals surface area contributed by atoms with Crippen molar-refractivity contribution in [3.8, 4) is 10.6 Å². The summed E-state index contributed by atoms with van der Waals surface area (Å²) < 4.78 is 22.4. The fourth-order valence-corrected chi connectivity index (χ4v) is 4.97. The Hall–Kier alpha value is -1.50. The minimum absolute atomic E-state index is 0.622. The molecular formula is C21H28N2O2S2. The first kappa shape index (κ1) is 20.2. The van der Waals surface area contributed by atoms with Crippen molar-refractivity contribution in [2.45, 2.75) is 57.1 Å². The predicted molar refractivity (Wildman–Crippen MR) is 114 cm³/mol. The lowest BCUT2D eigenvalue weighted by molar-refractivity contribution is 0.410. The molecule has 0 aliphatic heterocycles. The maximum atomic E-state index is 11.6. The van der Waals surface area contributed by atoms with Gasteiger partial charge in [0.1, 0.15) is 0 Å². The van der Waals surface area contributed by atoms with Crippen molar-refractivity contribution < 1.29 is 8.42 Å². The van der Waals surface area contributed by atoms with E-state index in [9.17, 15) is 8.42 Å². The van der Waals surface area contributed by atoms with Gasteiger partial charge in [-0.25, -0.2) is 13.6 Å². The Balaban J connectivity index is 1.54. The van der Waals surface area contributed by atoms with Gasteiger partial charge >= 0.3 is 0 Å². The maximum Gasteiger partial charge on any atom is 0.214 e. The van der Waals surface area contributed by atoms with Gasteiger partial charge < -0.3 is 0 Å². The van der Waals surface area contributed by atoms with Crippen LogP contribution in [0.5, 0.6) is 0 Å². The van der Waals surface area contributed by atoms with Crippen LogP contribution in [0.2, 0.25) is 0 Å². The summed E-state index contributed by atoms with van der Waals surface area (Å²) in [6.45, 7) is 3.44. The monoisotopic (exact) mass is 404 g/mol. The van der Waals surface area contributed by atoms with E-state index in [2.05, 4.69) is 23.2 Å². The Morgan fingerprint density at radius 1 is 1.22 bits per heavy atom. The first-order valence-corrected chi connectivity index (χ1v) is 11.9. The Kier molecular flexibility index (Phi) is 6.18. The summed E-state index contributed by atoms with van der Waals surface area (Å²) in [7, 11) is -3.49. The molecule has 6 heteroatoms. The van der Waals surface area contributed by atoms with E-state index in [-0.39, 0.29) is 0 Å². The number of thiophene rings is 1. The van der Waals surface area contributed by atoms with Crippen molar-refractivity contribution in [1.29, 1.82) is 0 Å². The number of nitrogens with two attached hydrogens (primary N) is 1. The zero-order chi connectivity index (χ0) is 19.5. The van der Waals surface area contributed by atoms with Crippen molar-refractivity contribution >= 4 is 26.9 Å². The lowest BCUT2D eigenvalue weighted by Crippen LogP contribution is -2.37. The van der Waals surface area contributed by atoms with E-state index in [0.29, 0.717) is 12.3 Å². The third kappa shape index (κ3) is 5.06. The van der Waals surface area contributed by atoms with Gasteiger partial charge in [-0.3, -0.25) is 4.98 Å². The van der Waals surface area contributed by atoms with Crippen LogP contribution in [0.15, 0.2) is 42.6 Å². The SMILES string of the molecule is CC(C)(CCCC1CC=C(c2ccc(-c3ccccn3)s2)CC1)S(N)(=O)=O. The van der Waals surface area contributed by atoms with E-state index in [4.69, 9.17) is 5.14 Å². The summed E-state index contributed by atoms with van der Waals surface area (Å²) >= 11 is 1.81. The molecule has 0 radical (unpaired) electrons. The molecule has 146 valence electrons. The fourth-order valence-electron chi connectivity index (χ4n) is 3.49. The lowest BCUT2D eigenvalue weighted by atomic mass is 9.85. The first-order valence-electron chi connectivity index (χ1n) is 9.49. The highest BCUT2D eigenvalue weighted by atomic mass is 32.2. The molecule has 2 aromatic heterocycles. The Morgan fingerprint density at radius 2 is 2.00 bits per heavy atom. The molecular weight excluding hydrogens is 376 g/mol. The van der Waals surface area contributed by atoms with Gasteiger partial charge in [-0.15, -0.1) is 11.3 Å². The number of hydrogen-bond acceptors (Lipinski definition) is 4. The predicted octanol–water partition coefficient (Wildman–Crippen LogP) is 5.23. The van der Waals surface area contributed by atoms with E-state index in [1.54, 1.807) is 25.2 Å². The average Bonchev–Trinajstić information content (AvgIpc) is 3.12. The van der Waals surface area contributed by atoms with E-state index in [1.165, 1.54) is 21.7 Å². The molecule has 0 aromatic carbocycles. The van der Waals surface area contributed by atoms with Crippen LogP contribution in [0.25, 0.3) is 16.1 Å². The number of aromatic nitrogens is 1. The summed E-state index contributed by atoms with van der Waals surface area (Å²) in [6.07, 6.45) is 10.1. The van der Waals surface area contributed by atoms with Gasteiger partial charge in [0.05, 0.1) is 15.3 Å². The van der Waals surface area contributed by atoms with Crippen LogP contribution in [0, 0.1) is 5.92 Å².